The molecule has 0 saturated carbocycles. The molecule has 8 rings (SSSR count). The predicted octanol–water partition coefficient (Wildman–Crippen LogP) is 12.9. The Kier molecular flexibility index (Phi) is 8.85. The SMILES string of the molecule is O=S(=O)(Oc1cc(N(c2ccccc2)c2ccc3c(c2)sc2ccccc23)ccc1N(c1ccccc1)c1ccc(-c2ccccc2)cc1)C(F)(F)F. The van der Waals surface area contributed by atoms with Crippen LogP contribution in [-0.4, -0.2) is 13.9 Å². The second-order valence-electron chi connectivity index (χ2n) is 12.2. The summed E-state index contributed by atoms with van der Waals surface area (Å²) in [5.74, 6) is -0.500. The average molecular weight is 743 g/mol. The maximum atomic E-state index is 14.0. The summed E-state index contributed by atoms with van der Waals surface area (Å²) in [4.78, 5) is 3.54. The van der Waals surface area contributed by atoms with Gasteiger partial charge in [-0.3, -0.25) is 0 Å². The molecule has 0 aliphatic heterocycles. The fourth-order valence-corrected chi connectivity index (χ4v) is 7.98. The molecule has 8 aromatic rings. The van der Waals surface area contributed by atoms with Crippen LogP contribution < -0.4 is 14.0 Å². The van der Waals surface area contributed by atoms with Crippen LogP contribution >= 0.6 is 11.3 Å². The monoisotopic (exact) mass is 742 g/mol. The third-order valence-corrected chi connectivity index (χ3v) is 10.9. The van der Waals surface area contributed by atoms with Crippen molar-refractivity contribution in [2.75, 3.05) is 9.80 Å². The van der Waals surface area contributed by atoms with Crippen LogP contribution in [-0.2, 0) is 10.1 Å². The zero-order valence-corrected chi connectivity index (χ0v) is 29.4. The lowest BCUT2D eigenvalue weighted by Crippen LogP contribution is -2.28. The van der Waals surface area contributed by atoms with Gasteiger partial charge in [0.05, 0.1) is 11.4 Å². The summed E-state index contributed by atoms with van der Waals surface area (Å²) >= 11 is 1.64. The molecule has 262 valence electrons. The van der Waals surface area contributed by atoms with E-state index in [0.717, 1.165) is 37.0 Å². The largest absolute Gasteiger partial charge is 0.534 e. The van der Waals surface area contributed by atoms with E-state index in [1.54, 1.807) is 52.6 Å². The van der Waals surface area contributed by atoms with Gasteiger partial charge in [0, 0.05) is 49.0 Å². The number of halogens is 3. The molecule has 1 aromatic heterocycles. The molecule has 0 saturated heterocycles. The summed E-state index contributed by atoms with van der Waals surface area (Å²) in [5.41, 5.74) is -0.669. The van der Waals surface area contributed by atoms with Crippen LogP contribution in [0.1, 0.15) is 0 Å². The third kappa shape index (κ3) is 6.70. The standard InChI is InChI=1S/C43H29F3N2O3S2/c44-43(45,46)53(49,50)51-40-28-35(47(32-14-6-2-7-15-32)36-24-26-38-37-18-10-11-19-41(37)52-42(38)29-36)25-27-39(40)48(33-16-8-3-9-17-33)34-22-20-31(21-23-34)30-12-4-1-5-13-30/h1-29H. The van der Waals surface area contributed by atoms with E-state index in [1.807, 2.05) is 126 Å². The Balaban J connectivity index is 1.31. The first-order valence-corrected chi connectivity index (χ1v) is 18.8. The van der Waals surface area contributed by atoms with Gasteiger partial charge in [0.1, 0.15) is 0 Å². The molecular weight excluding hydrogens is 714 g/mol. The lowest BCUT2D eigenvalue weighted by atomic mass is 10.0. The van der Waals surface area contributed by atoms with E-state index in [2.05, 4.69) is 12.1 Å². The average Bonchev–Trinajstić information content (AvgIpc) is 3.55. The van der Waals surface area contributed by atoms with Crippen molar-refractivity contribution in [3.63, 3.8) is 0 Å². The minimum atomic E-state index is -6.07. The van der Waals surface area contributed by atoms with Gasteiger partial charge in [-0.05, 0) is 77.9 Å². The van der Waals surface area contributed by atoms with Gasteiger partial charge in [-0.25, -0.2) is 0 Å². The zero-order chi connectivity index (χ0) is 36.6. The van der Waals surface area contributed by atoms with Gasteiger partial charge < -0.3 is 14.0 Å². The van der Waals surface area contributed by atoms with E-state index >= 15 is 0 Å². The number of anilines is 6. The molecule has 7 aromatic carbocycles. The normalized spacial score (nSPS) is 11.8. The number of para-hydroxylation sites is 2. The van der Waals surface area contributed by atoms with Crippen LogP contribution in [0, 0.1) is 0 Å². The van der Waals surface area contributed by atoms with E-state index in [-0.39, 0.29) is 5.69 Å². The molecule has 10 heteroatoms. The Morgan fingerprint density at radius 2 is 0.962 bits per heavy atom. The highest BCUT2D eigenvalue weighted by molar-refractivity contribution is 7.88. The second-order valence-corrected chi connectivity index (χ2v) is 14.8. The van der Waals surface area contributed by atoms with Crippen molar-refractivity contribution in [3.05, 3.63) is 176 Å². The predicted molar refractivity (Wildman–Crippen MR) is 210 cm³/mol. The lowest BCUT2D eigenvalue weighted by molar-refractivity contribution is -0.0499. The van der Waals surface area contributed by atoms with Gasteiger partial charge in [-0.2, -0.15) is 21.6 Å². The van der Waals surface area contributed by atoms with Gasteiger partial charge in [0.2, 0.25) is 0 Å². The highest BCUT2D eigenvalue weighted by Crippen LogP contribution is 2.47. The molecule has 1 heterocycles. The number of hydrogen-bond acceptors (Lipinski definition) is 6. The number of benzene rings is 7. The number of nitrogens with zero attached hydrogens (tertiary/aromatic N) is 2. The molecule has 0 amide bonds. The van der Waals surface area contributed by atoms with Crippen LogP contribution in [0.4, 0.5) is 47.3 Å². The lowest BCUT2D eigenvalue weighted by Gasteiger charge is -2.30. The van der Waals surface area contributed by atoms with Crippen LogP contribution in [0.3, 0.4) is 0 Å². The fourth-order valence-electron chi connectivity index (χ4n) is 6.37. The molecule has 0 atom stereocenters. The van der Waals surface area contributed by atoms with Gasteiger partial charge in [-0.1, -0.05) is 103 Å². The van der Waals surface area contributed by atoms with Crippen molar-refractivity contribution < 1.29 is 25.8 Å². The Morgan fingerprint density at radius 3 is 1.62 bits per heavy atom. The Morgan fingerprint density at radius 1 is 0.472 bits per heavy atom. The fraction of sp³-hybridized carbons (Fsp3) is 0.0233. The highest BCUT2D eigenvalue weighted by atomic mass is 32.2. The van der Waals surface area contributed by atoms with Crippen molar-refractivity contribution in [2.24, 2.45) is 0 Å². The van der Waals surface area contributed by atoms with Gasteiger partial charge in [0.15, 0.2) is 5.75 Å². The summed E-state index contributed by atoms with van der Waals surface area (Å²) in [6.07, 6.45) is 0. The summed E-state index contributed by atoms with van der Waals surface area (Å²) in [7, 11) is -6.07. The van der Waals surface area contributed by atoms with Gasteiger partial charge in [0.25, 0.3) is 0 Å². The molecule has 5 nitrogen and oxygen atoms in total. The van der Waals surface area contributed by atoms with Crippen molar-refractivity contribution in [2.45, 2.75) is 5.51 Å². The van der Waals surface area contributed by atoms with E-state index < -0.39 is 21.4 Å². The topological polar surface area (TPSA) is 49.9 Å². The number of hydrogen-bond donors (Lipinski definition) is 0. The second kappa shape index (κ2) is 13.8. The zero-order valence-electron chi connectivity index (χ0n) is 27.8. The van der Waals surface area contributed by atoms with E-state index in [1.165, 1.54) is 6.07 Å². The molecule has 0 N–H and O–H groups in total. The third-order valence-electron chi connectivity index (χ3n) is 8.81. The maximum absolute atomic E-state index is 14.0. The van der Waals surface area contributed by atoms with Crippen LogP contribution in [0.5, 0.6) is 5.75 Å². The van der Waals surface area contributed by atoms with Crippen molar-refractivity contribution in [1.29, 1.82) is 0 Å². The smallest absolute Gasteiger partial charge is 0.374 e. The number of thiophene rings is 1. The molecule has 0 aliphatic rings. The van der Waals surface area contributed by atoms with Crippen molar-refractivity contribution >= 4 is 75.8 Å². The Bertz CT molecular complexity index is 2650. The van der Waals surface area contributed by atoms with Crippen molar-refractivity contribution in [3.8, 4) is 16.9 Å². The molecule has 53 heavy (non-hydrogen) atoms. The summed E-state index contributed by atoms with van der Waals surface area (Å²) in [6.45, 7) is 0. The molecule has 0 aliphatic carbocycles. The number of fused-ring (bicyclic) bond motifs is 3. The van der Waals surface area contributed by atoms with Crippen LogP contribution in [0.15, 0.2) is 176 Å². The van der Waals surface area contributed by atoms with Crippen molar-refractivity contribution in [1.82, 2.24) is 0 Å². The highest BCUT2D eigenvalue weighted by Gasteiger charge is 2.49. The minimum absolute atomic E-state index is 0.0909. The molecule has 0 bridgehead atoms. The molecule has 0 spiro atoms. The van der Waals surface area contributed by atoms with Crippen LogP contribution in [0.2, 0.25) is 0 Å². The first-order valence-electron chi connectivity index (χ1n) is 16.6. The number of alkyl halides is 3. The Labute approximate surface area is 308 Å². The summed E-state index contributed by atoms with van der Waals surface area (Å²) in [6, 6.07) is 54.3. The van der Waals surface area contributed by atoms with Gasteiger partial charge in [-0.15, -0.1) is 11.3 Å². The first kappa shape index (κ1) is 34.0. The molecular formula is C43H29F3N2O3S2. The summed E-state index contributed by atoms with van der Waals surface area (Å²) < 4.78 is 74.7. The Hall–Kier alpha value is -6.10. The van der Waals surface area contributed by atoms with E-state index in [4.69, 9.17) is 4.18 Å². The number of rotatable bonds is 9. The van der Waals surface area contributed by atoms with Gasteiger partial charge >= 0.3 is 15.6 Å². The summed E-state index contributed by atoms with van der Waals surface area (Å²) in [5, 5.41) is 2.20. The maximum Gasteiger partial charge on any atom is 0.534 e. The quantitative estimate of drug-likeness (QED) is 0.109. The molecule has 0 radical (unpaired) electrons. The van der Waals surface area contributed by atoms with Crippen LogP contribution in [0.25, 0.3) is 31.3 Å². The molecule has 0 fully saturated rings. The minimum Gasteiger partial charge on any atom is -0.374 e. The molecule has 0 unspecified atom stereocenters. The van der Waals surface area contributed by atoms with E-state index in [9.17, 15) is 21.6 Å². The first-order chi connectivity index (χ1) is 25.7. The van der Waals surface area contributed by atoms with E-state index in [0.29, 0.717) is 22.7 Å².